The number of hydrogen-bond acceptors (Lipinski definition) is 3. The molecule has 0 rings (SSSR count). The average molecular weight is 203 g/mol. The topological polar surface area (TPSA) is 58.6 Å². The molecule has 0 heterocycles. The van der Waals surface area contributed by atoms with E-state index in [9.17, 15) is 4.79 Å². The van der Waals surface area contributed by atoms with E-state index in [2.05, 4.69) is 5.32 Å². The highest BCUT2D eigenvalue weighted by Crippen LogP contribution is 2.05. The van der Waals surface area contributed by atoms with Crippen molar-refractivity contribution in [1.29, 1.82) is 0 Å². The molecule has 0 aromatic rings. The fourth-order valence-electron chi connectivity index (χ4n) is 1.17. The van der Waals surface area contributed by atoms with Crippen molar-refractivity contribution in [1.82, 2.24) is 5.32 Å². The van der Waals surface area contributed by atoms with Gasteiger partial charge in [-0.15, -0.1) is 0 Å². The van der Waals surface area contributed by atoms with Crippen LogP contribution >= 0.6 is 0 Å². The summed E-state index contributed by atoms with van der Waals surface area (Å²) in [5.41, 5.74) is 0. The Bertz CT molecular complexity index is 182. The van der Waals surface area contributed by atoms with Gasteiger partial charge in [0.15, 0.2) is 0 Å². The van der Waals surface area contributed by atoms with E-state index < -0.39 is 12.0 Å². The lowest BCUT2D eigenvalue weighted by atomic mass is 10.0. The second-order valence-corrected chi connectivity index (χ2v) is 3.96. The van der Waals surface area contributed by atoms with Gasteiger partial charge < -0.3 is 9.84 Å². The zero-order chi connectivity index (χ0) is 11.3. The standard InChI is InChI=1S/C10H21NO3/c1-6(2)9(10(12)13)11-7(3)8(4)14-5/h6-9,11H,1-5H3,(H,12,13). The highest BCUT2D eigenvalue weighted by molar-refractivity contribution is 5.73. The number of carbonyl (C=O) groups is 1. The number of rotatable bonds is 6. The van der Waals surface area contributed by atoms with Crippen LogP contribution in [0.1, 0.15) is 27.7 Å². The molecule has 0 saturated heterocycles. The molecule has 0 bridgehead atoms. The van der Waals surface area contributed by atoms with E-state index in [0.29, 0.717) is 0 Å². The Morgan fingerprint density at radius 1 is 1.29 bits per heavy atom. The Kier molecular flexibility index (Phi) is 5.72. The Hall–Kier alpha value is -0.610. The molecule has 3 atom stereocenters. The van der Waals surface area contributed by atoms with Crippen molar-refractivity contribution in [2.45, 2.75) is 45.9 Å². The molecule has 0 aliphatic carbocycles. The Morgan fingerprint density at radius 2 is 1.79 bits per heavy atom. The summed E-state index contributed by atoms with van der Waals surface area (Å²) in [6, 6.07) is -0.480. The van der Waals surface area contributed by atoms with Crippen LogP contribution in [0.4, 0.5) is 0 Å². The van der Waals surface area contributed by atoms with Crippen molar-refractivity contribution in [3.8, 4) is 0 Å². The van der Waals surface area contributed by atoms with Gasteiger partial charge in [-0.3, -0.25) is 10.1 Å². The molecule has 3 unspecified atom stereocenters. The van der Waals surface area contributed by atoms with Gasteiger partial charge in [-0.1, -0.05) is 13.8 Å². The monoisotopic (exact) mass is 203 g/mol. The molecule has 0 aliphatic rings. The molecule has 0 aromatic heterocycles. The van der Waals surface area contributed by atoms with Gasteiger partial charge in [-0.05, 0) is 19.8 Å². The van der Waals surface area contributed by atoms with E-state index in [1.54, 1.807) is 7.11 Å². The third kappa shape index (κ3) is 4.07. The fraction of sp³-hybridized carbons (Fsp3) is 0.900. The van der Waals surface area contributed by atoms with E-state index in [0.717, 1.165) is 0 Å². The molecule has 0 aromatic carbocycles. The minimum absolute atomic E-state index is 0.00981. The normalized spacial score (nSPS) is 17.9. The first kappa shape index (κ1) is 13.4. The first-order valence-electron chi connectivity index (χ1n) is 4.91. The lowest BCUT2D eigenvalue weighted by Crippen LogP contribution is -2.49. The molecule has 0 amide bonds. The summed E-state index contributed by atoms with van der Waals surface area (Å²) in [5, 5.41) is 12.0. The number of carboxylic acid groups (broad SMARTS) is 1. The molecule has 2 N–H and O–H groups in total. The zero-order valence-electron chi connectivity index (χ0n) is 9.57. The highest BCUT2D eigenvalue weighted by Gasteiger charge is 2.24. The maximum absolute atomic E-state index is 10.9. The van der Waals surface area contributed by atoms with E-state index in [1.165, 1.54) is 0 Å². The van der Waals surface area contributed by atoms with Crippen LogP contribution in [0.3, 0.4) is 0 Å². The van der Waals surface area contributed by atoms with Crippen LogP contribution in [0, 0.1) is 5.92 Å². The summed E-state index contributed by atoms with van der Waals surface area (Å²) < 4.78 is 5.12. The van der Waals surface area contributed by atoms with Gasteiger partial charge in [0.1, 0.15) is 6.04 Å². The molecule has 84 valence electrons. The lowest BCUT2D eigenvalue weighted by molar-refractivity contribution is -0.141. The largest absolute Gasteiger partial charge is 0.480 e. The lowest BCUT2D eigenvalue weighted by Gasteiger charge is -2.26. The second kappa shape index (κ2) is 5.98. The van der Waals surface area contributed by atoms with Crippen LogP contribution in [-0.2, 0) is 9.53 Å². The molecule has 0 spiro atoms. The predicted octanol–water partition coefficient (Wildman–Crippen LogP) is 1.11. The van der Waals surface area contributed by atoms with Crippen molar-refractivity contribution >= 4 is 5.97 Å². The quantitative estimate of drug-likeness (QED) is 0.679. The van der Waals surface area contributed by atoms with Gasteiger partial charge in [0.2, 0.25) is 0 Å². The fourth-order valence-corrected chi connectivity index (χ4v) is 1.17. The zero-order valence-corrected chi connectivity index (χ0v) is 9.57. The second-order valence-electron chi connectivity index (χ2n) is 3.96. The van der Waals surface area contributed by atoms with Gasteiger partial charge in [-0.2, -0.15) is 0 Å². The summed E-state index contributed by atoms with van der Waals surface area (Å²) in [7, 11) is 1.62. The van der Waals surface area contributed by atoms with Gasteiger partial charge in [0.05, 0.1) is 6.10 Å². The van der Waals surface area contributed by atoms with Crippen molar-refractivity contribution in [3.05, 3.63) is 0 Å². The molecule has 0 radical (unpaired) electrons. The van der Waals surface area contributed by atoms with Crippen LogP contribution in [0.15, 0.2) is 0 Å². The maximum atomic E-state index is 10.9. The molecule has 0 fully saturated rings. The summed E-state index contributed by atoms with van der Waals surface area (Å²) in [6.45, 7) is 7.61. The number of carboxylic acids is 1. The summed E-state index contributed by atoms with van der Waals surface area (Å²) in [5.74, 6) is -0.742. The van der Waals surface area contributed by atoms with Gasteiger partial charge >= 0.3 is 5.97 Å². The summed E-state index contributed by atoms with van der Waals surface area (Å²) >= 11 is 0. The van der Waals surface area contributed by atoms with Gasteiger partial charge in [0.25, 0.3) is 0 Å². The minimum atomic E-state index is -0.810. The third-order valence-electron chi connectivity index (χ3n) is 2.45. The van der Waals surface area contributed by atoms with Crippen molar-refractivity contribution < 1.29 is 14.6 Å². The number of ether oxygens (including phenoxy) is 1. The molecule has 0 aliphatic heterocycles. The van der Waals surface area contributed by atoms with Gasteiger partial charge in [0, 0.05) is 13.2 Å². The Balaban J connectivity index is 4.23. The van der Waals surface area contributed by atoms with Crippen LogP contribution in [0.2, 0.25) is 0 Å². The van der Waals surface area contributed by atoms with E-state index in [-0.39, 0.29) is 18.1 Å². The number of methoxy groups -OCH3 is 1. The van der Waals surface area contributed by atoms with Crippen molar-refractivity contribution in [2.24, 2.45) is 5.92 Å². The predicted molar refractivity (Wildman–Crippen MR) is 55.3 cm³/mol. The first-order valence-corrected chi connectivity index (χ1v) is 4.91. The van der Waals surface area contributed by atoms with Crippen LogP contribution < -0.4 is 5.32 Å². The third-order valence-corrected chi connectivity index (χ3v) is 2.45. The Morgan fingerprint density at radius 3 is 2.07 bits per heavy atom. The molecule has 0 saturated carbocycles. The van der Waals surface area contributed by atoms with E-state index in [1.807, 2.05) is 27.7 Å². The first-order chi connectivity index (χ1) is 6.40. The minimum Gasteiger partial charge on any atom is -0.480 e. The average Bonchev–Trinajstić information content (AvgIpc) is 2.11. The van der Waals surface area contributed by atoms with Gasteiger partial charge in [-0.25, -0.2) is 0 Å². The molecule has 4 nitrogen and oxygen atoms in total. The summed E-state index contributed by atoms with van der Waals surface area (Å²) in [6.07, 6.45) is 0.00981. The van der Waals surface area contributed by atoms with Crippen molar-refractivity contribution in [2.75, 3.05) is 7.11 Å². The maximum Gasteiger partial charge on any atom is 0.320 e. The smallest absolute Gasteiger partial charge is 0.320 e. The van der Waals surface area contributed by atoms with Crippen LogP contribution in [-0.4, -0.2) is 36.4 Å². The van der Waals surface area contributed by atoms with E-state index in [4.69, 9.17) is 9.84 Å². The SMILES string of the molecule is COC(C)C(C)NC(C(=O)O)C(C)C. The number of hydrogen-bond donors (Lipinski definition) is 2. The molecule has 14 heavy (non-hydrogen) atoms. The van der Waals surface area contributed by atoms with Crippen molar-refractivity contribution in [3.63, 3.8) is 0 Å². The molecular weight excluding hydrogens is 182 g/mol. The number of nitrogens with one attached hydrogen (secondary N) is 1. The Labute approximate surface area is 85.6 Å². The summed E-state index contributed by atoms with van der Waals surface area (Å²) in [4.78, 5) is 10.9. The highest BCUT2D eigenvalue weighted by atomic mass is 16.5. The number of aliphatic carboxylic acids is 1. The molecular formula is C10H21NO3. The molecule has 4 heteroatoms. The van der Waals surface area contributed by atoms with Crippen LogP contribution in [0.5, 0.6) is 0 Å². The van der Waals surface area contributed by atoms with Crippen LogP contribution in [0.25, 0.3) is 0 Å². The van der Waals surface area contributed by atoms with E-state index >= 15 is 0 Å².